The Labute approximate surface area is 159 Å². The first-order valence-electron chi connectivity index (χ1n) is 8.51. The van der Waals surface area contributed by atoms with Gasteiger partial charge >= 0.3 is 5.97 Å². The van der Waals surface area contributed by atoms with Gasteiger partial charge in [0.1, 0.15) is 12.4 Å². The Morgan fingerprint density at radius 2 is 1.85 bits per heavy atom. The van der Waals surface area contributed by atoms with Crippen LogP contribution >= 0.6 is 12.4 Å². The maximum absolute atomic E-state index is 11.4. The third-order valence-electron chi connectivity index (χ3n) is 4.15. The third kappa shape index (κ3) is 4.52. The van der Waals surface area contributed by atoms with Crippen molar-refractivity contribution in [2.24, 2.45) is 0 Å². The van der Waals surface area contributed by atoms with Gasteiger partial charge in [-0.05, 0) is 31.0 Å². The van der Waals surface area contributed by atoms with E-state index in [1.54, 1.807) is 18.2 Å². The Kier molecular flexibility index (Phi) is 6.98. The lowest BCUT2D eigenvalue weighted by molar-refractivity contribution is 0.0694. The second-order valence-electron chi connectivity index (χ2n) is 5.98. The van der Waals surface area contributed by atoms with E-state index in [0.717, 1.165) is 41.6 Å². The van der Waals surface area contributed by atoms with E-state index in [1.165, 1.54) is 0 Å². The zero-order valence-electron chi connectivity index (χ0n) is 14.6. The van der Waals surface area contributed by atoms with Gasteiger partial charge in [0, 0.05) is 22.7 Å². The van der Waals surface area contributed by atoms with Gasteiger partial charge < -0.3 is 9.84 Å². The van der Waals surface area contributed by atoms with E-state index < -0.39 is 5.97 Å². The SMILES string of the molecule is CCCCc1cc(OCc2ccccc2C(=O)O)c2ccccc2n1.Cl. The number of unbranched alkanes of at least 4 members (excludes halogenated alkanes) is 1. The molecule has 26 heavy (non-hydrogen) atoms. The highest BCUT2D eigenvalue weighted by molar-refractivity contribution is 5.89. The summed E-state index contributed by atoms with van der Waals surface area (Å²) in [5, 5.41) is 10.3. The Bertz CT molecular complexity index is 895. The first-order chi connectivity index (χ1) is 12.2. The molecule has 0 spiro atoms. The number of hydrogen-bond acceptors (Lipinski definition) is 3. The van der Waals surface area contributed by atoms with E-state index in [2.05, 4.69) is 6.92 Å². The second kappa shape index (κ2) is 9.20. The Morgan fingerprint density at radius 1 is 1.12 bits per heavy atom. The van der Waals surface area contributed by atoms with Crippen molar-refractivity contribution in [2.75, 3.05) is 0 Å². The molecule has 1 N–H and O–H groups in total. The van der Waals surface area contributed by atoms with Crippen LogP contribution in [0.15, 0.2) is 54.6 Å². The van der Waals surface area contributed by atoms with Crippen LogP contribution in [0.5, 0.6) is 5.75 Å². The summed E-state index contributed by atoms with van der Waals surface area (Å²) >= 11 is 0. The van der Waals surface area contributed by atoms with E-state index in [0.29, 0.717) is 5.56 Å². The number of pyridine rings is 1. The van der Waals surface area contributed by atoms with Crippen molar-refractivity contribution < 1.29 is 14.6 Å². The minimum absolute atomic E-state index is 0. The smallest absolute Gasteiger partial charge is 0.336 e. The molecule has 0 atom stereocenters. The molecular weight excluding hydrogens is 350 g/mol. The predicted octanol–water partition coefficient (Wildman–Crippen LogP) is 5.28. The lowest BCUT2D eigenvalue weighted by Crippen LogP contribution is -2.06. The number of carbonyl (C=O) groups is 1. The van der Waals surface area contributed by atoms with Crippen LogP contribution in [0.3, 0.4) is 0 Å². The van der Waals surface area contributed by atoms with Crippen molar-refractivity contribution in [3.63, 3.8) is 0 Å². The van der Waals surface area contributed by atoms with Gasteiger partial charge in [0.25, 0.3) is 0 Å². The molecule has 5 heteroatoms. The van der Waals surface area contributed by atoms with E-state index in [4.69, 9.17) is 9.72 Å². The number of nitrogens with zero attached hydrogens (tertiary/aromatic N) is 1. The Balaban J connectivity index is 0.00000243. The monoisotopic (exact) mass is 371 g/mol. The zero-order valence-corrected chi connectivity index (χ0v) is 15.5. The van der Waals surface area contributed by atoms with Crippen LogP contribution in [0, 0.1) is 0 Å². The molecule has 1 heterocycles. The number of carboxylic acid groups (broad SMARTS) is 1. The molecule has 0 saturated heterocycles. The van der Waals surface area contributed by atoms with Crippen LogP contribution in [-0.2, 0) is 13.0 Å². The lowest BCUT2D eigenvalue weighted by Gasteiger charge is -2.12. The van der Waals surface area contributed by atoms with Crippen LogP contribution in [0.25, 0.3) is 10.9 Å². The van der Waals surface area contributed by atoms with Crippen molar-refractivity contribution in [1.82, 2.24) is 4.98 Å². The standard InChI is InChI=1S/C21H21NO3.ClH/c1-2-3-9-16-13-20(18-11-6-7-12-19(18)22-16)25-14-15-8-4-5-10-17(15)21(23)24;/h4-8,10-13H,2-3,9,14H2,1H3,(H,23,24);1H. The van der Waals surface area contributed by atoms with Gasteiger partial charge in [0.05, 0.1) is 11.1 Å². The van der Waals surface area contributed by atoms with Gasteiger partial charge in [0.2, 0.25) is 0 Å². The molecule has 3 rings (SSSR count). The van der Waals surface area contributed by atoms with Crippen LogP contribution < -0.4 is 4.74 Å². The molecule has 0 radical (unpaired) electrons. The fourth-order valence-electron chi connectivity index (χ4n) is 2.81. The minimum Gasteiger partial charge on any atom is -0.488 e. The first-order valence-corrected chi connectivity index (χ1v) is 8.51. The summed E-state index contributed by atoms with van der Waals surface area (Å²) in [5.74, 6) is -0.195. The number of halogens is 1. The van der Waals surface area contributed by atoms with E-state index in [1.807, 2.05) is 36.4 Å². The number of ether oxygens (including phenoxy) is 1. The average Bonchev–Trinajstić information content (AvgIpc) is 2.64. The van der Waals surface area contributed by atoms with Gasteiger partial charge in [-0.2, -0.15) is 0 Å². The Morgan fingerprint density at radius 3 is 2.62 bits per heavy atom. The molecular formula is C21H22ClNO3. The number of para-hydroxylation sites is 1. The summed E-state index contributed by atoms with van der Waals surface area (Å²) in [7, 11) is 0. The summed E-state index contributed by atoms with van der Waals surface area (Å²) in [6.45, 7) is 2.37. The number of rotatable bonds is 7. The molecule has 0 fully saturated rings. The summed E-state index contributed by atoms with van der Waals surface area (Å²) < 4.78 is 6.01. The van der Waals surface area contributed by atoms with Gasteiger partial charge in [-0.3, -0.25) is 4.98 Å². The number of aromatic carboxylic acids is 1. The second-order valence-corrected chi connectivity index (χ2v) is 5.98. The molecule has 0 saturated carbocycles. The minimum atomic E-state index is -0.942. The zero-order chi connectivity index (χ0) is 17.6. The van der Waals surface area contributed by atoms with Crippen LogP contribution in [0.1, 0.15) is 41.4 Å². The summed E-state index contributed by atoms with van der Waals surface area (Å²) in [4.78, 5) is 16.1. The number of carboxylic acids is 1. The molecule has 0 aliphatic carbocycles. The topological polar surface area (TPSA) is 59.4 Å². The number of hydrogen-bond donors (Lipinski definition) is 1. The van der Waals surface area contributed by atoms with Gasteiger partial charge in [-0.15, -0.1) is 12.4 Å². The summed E-state index contributed by atoms with van der Waals surface area (Å²) in [6, 6.07) is 16.8. The molecule has 2 aromatic carbocycles. The number of fused-ring (bicyclic) bond motifs is 1. The molecule has 0 unspecified atom stereocenters. The van der Waals surface area contributed by atoms with Crippen molar-refractivity contribution >= 4 is 29.3 Å². The van der Waals surface area contributed by atoms with Crippen molar-refractivity contribution in [2.45, 2.75) is 32.8 Å². The highest BCUT2D eigenvalue weighted by Gasteiger charge is 2.11. The Hall–Kier alpha value is -2.59. The van der Waals surface area contributed by atoms with Crippen molar-refractivity contribution in [3.05, 3.63) is 71.4 Å². The maximum atomic E-state index is 11.4. The molecule has 1 aromatic heterocycles. The third-order valence-corrected chi connectivity index (χ3v) is 4.15. The fraction of sp³-hybridized carbons (Fsp3) is 0.238. The van der Waals surface area contributed by atoms with Gasteiger partial charge in [-0.25, -0.2) is 4.79 Å². The summed E-state index contributed by atoms with van der Waals surface area (Å²) in [6.07, 6.45) is 3.09. The fourth-order valence-corrected chi connectivity index (χ4v) is 2.81. The van der Waals surface area contributed by atoms with Crippen molar-refractivity contribution in [3.8, 4) is 5.75 Å². The van der Waals surface area contributed by atoms with E-state index in [-0.39, 0.29) is 24.6 Å². The number of aryl methyl sites for hydroxylation is 1. The molecule has 3 aromatic rings. The first kappa shape index (κ1) is 19.7. The molecule has 0 amide bonds. The predicted molar refractivity (Wildman–Crippen MR) is 105 cm³/mol. The number of aromatic nitrogens is 1. The number of benzene rings is 2. The van der Waals surface area contributed by atoms with Crippen LogP contribution in [0.4, 0.5) is 0 Å². The normalized spacial score (nSPS) is 10.3. The molecule has 136 valence electrons. The van der Waals surface area contributed by atoms with Crippen LogP contribution in [-0.4, -0.2) is 16.1 Å². The highest BCUT2D eigenvalue weighted by Crippen LogP contribution is 2.27. The van der Waals surface area contributed by atoms with Gasteiger partial charge in [-0.1, -0.05) is 43.7 Å². The largest absolute Gasteiger partial charge is 0.488 e. The summed E-state index contributed by atoms with van der Waals surface area (Å²) in [5.41, 5.74) is 2.83. The average molecular weight is 372 g/mol. The molecule has 0 aliphatic rings. The highest BCUT2D eigenvalue weighted by atomic mass is 35.5. The van der Waals surface area contributed by atoms with Crippen molar-refractivity contribution in [1.29, 1.82) is 0 Å². The lowest BCUT2D eigenvalue weighted by atomic mass is 10.1. The maximum Gasteiger partial charge on any atom is 0.336 e. The van der Waals surface area contributed by atoms with Crippen LogP contribution in [0.2, 0.25) is 0 Å². The van der Waals surface area contributed by atoms with E-state index in [9.17, 15) is 9.90 Å². The molecule has 4 nitrogen and oxygen atoms in total. The molecule has 0 bridgehead atoms. The van der Waals surface area contributed by atoms with E-state index >= 15 is 0 Å². The van der Waals surface area contributed by atoms with Gasteiger partial charge in [0.15, 0.2) is 0 Å². The quantitative estimate of drug-likeness (QED) is 0.614. The molecule has 0 aliphatic heterocycles.